The van der Waals surface area contributed by atoms with Gasteiger partial charge in [0.25, 0.3) is 0 Å². The fraction of sp³-hybridized carbons (Fsp3) is 0.444. The molecule has 1 amide bonds. The number of rotatable bonds is 6. The monoisotopic (exact) mass is 328 g/mol. The molecule has 0 fully saturated rings. The third-order valence-electron chi connectivity index (χ3n) is 4.36. The maximum absolute atomic E-state index is 12.6. The molecule has 0 saturated carbocycles. The van der Waals surface area contributed by atoms with Crippen LogP contribution >= 0.6 is 0 Å². The first kappa shape index (κ1) is 16.4. The average Bonchev–Trinajstić information content (AvgIpc) is 3.03. The number of ether oxygens (including phenoxy) is 1. The normalized spacial score (nSPS) is 14.6. The van der Waals surface area contributed by atoms with E-state index in [1.807, 2.05) is 31.2 Å². The van der Waals surface area contributed by atoms with Gasteiger partial charge in [-0.2, -0.15) is 0 Å². The van der Waals surface area contributed by atoms with E-state index in [4.69, 9.17) is 4.74 Å². The van der Waals surface area contributed by atoms with Crippen LogP contribution in [0.3, 0.4) is 0 Å². The van der Waals surface area contributed by atoms with Crippen molar-refractivity contribution in [3.8, 4) is 5.75 Å². The lowest BCUT2D eigenvalue weighted by Crippen LogP contribution is -2.34. The molecule has 0 radical (unpaired) electrons. The topological polar surface area (TPSA) is 68.2 Å². The molecular weight excluding hydrogens is 304 g/mol. The highest BCUT2D eigenvalue weighted by Crippen LogP contribution is 2.21. The summed E-state index contributed by atoms with van der Waals surface area (Å²) in [4.78, 5) is 17.1. The first-order valence-corrected chi connectivity index (χ1v) is 8.47. The third kappa shape index (κ3) is 3.53. The zero-order chi connectivity index (χ0) is 16.9. The Kier molecular flexibility index (Phi) is 5.03. The van der Waals surface area contributed by atoms with Gasteiger partial charge in [0.05, 0.1) is 13.3 Å². The van der Waals surface area contributed by atoms with Crippen LogP contribution in [-0.4, -0.2) is 28.6 Å². The van der Waals surface area contributed by atoms with Gasteiger partial charge in [0.15, 0.2) is 0 Å². The third-order valence-corrected chi connectivity index (χ3v) is 4.36. The minimum Gasteiger partial charge on any atom is -0.497 e. The minimum absolute atomic E-state index is 0.0476. The van der Waals surface area contributed by atoms with E-state index in [0.29, 0.717) is 6.42 Å². The Balaban J connectivity index is 1.69. The summed E-state index contributed by atoms with van der Waals surface area (Å²) in [5.41, 5.74) is 0.867. The van der Waals surface area contributed by atoms with Crippen LogP contribution in [0.1, 0.15) is 32.0 Å². The molecule has 0 saturated heterocycles. The average molecular weight is 328 g/mol. The van der Waals surface area contributed by atoms with Crippen molar-refractivity contribution in [2.45, 2.75) is 45.2 Å². The van der Waals surface area contributed by atoms with Crippen molar-refractivity contribution in [2.24, 2.45) is 0 Å². The largest absolute Gasteiger partial charge is 0.497 e. The summed E-state index contributed by atoms with van der Waals surface area (Å²) in [5, 5.41) is 6.29. The van der Waals surface area contributed by atoms with Crippen molar-refractivity contribution in [3.63, 3.8) is 0 Å². The molecule has 1 aromatic heterocycles. The smallest absolute Gasteiger partial charge is 0.247 e. The Morgan fingerprint density at radius 2 is 2.29 bits per heavy atom. The Labute approximate surface area is 142 Å². The second-order valence-electron chi connectivity index (χ2n) is 5.99. The molecule has 0 aliphatic carbocycles. The molecule has 0 bridgehead atoms. The predicted molar refractivity (Wildman–Crippen MR) is 94.5 cm³/mol. The number of benzene rings is 1. The number of imidazole rings is 1. The fourth-order valence-electron chi connectivity index (χ4n) is 3.00. The van der Waals surface area contributed by atoms with Gasteiger partial charge in [-0.3, -0.25) is 4.79 Å². The first-order chi connectivity index (χ1) is 11.7. The van der Waals surface area contributed by atoms with Gasteiger partial charge in [0.1, 0.15) is 23.4 Å². The first-order valence-electron chi connectivity index (χ1n) is 8.47. The van der Waals surface area contributed by atoms with Crippen LogP contribution in [0.5, 0.6) is 5.75 Å². The number of nitrogens with one attached hydrogen (secondary N) is 2. The van der Waals surface area contributed by atoms with E-state index in [9.17, 15) is 4.79 Å². The lowest BCUT2D eigenvalue weighted by atomic mass is 10.1. The Morgan fingerprint density at radius 1 is 1.42 bits per heavy atom. The molecule has 2 heterocycles. The molecule has 128 valence electrons. The maximum Gasteiger partial charge on any atom is 0.247 e. The highest BCUT2D eigenvalue weighted by molar-refractivity contribution is 5.95. The van der Waals surface area contributed by atoms with Crippen LogP contribution in [0.4, 0.5) is 11.5 Å². The number of hydrogen-bond acceptors (Lipinski definition) is 4. The van der Waals surface area contributed by atoms with E-state index in [0.717, 1.165) is 42.5 Å². The van der Waals surface area contributed by atoms with Gasteiger partial charge in [-0.05, 0) is 31.4 Å². The molecule has 24 heavy (non-hydrogen) atoms. The number of carbonyl (C=O) groups excluding carboxylic acids is 1. The molecule has 6 heteroatoms. The summed E-state index contributed by atoms with van der Waals surface area (Å²) in [6.07, 6.45) is 5.72. The van der Waals surface area contributed by atoms with Crippen molar-refractivity contribution in [3.05, 3.63) is 36.3 Å². The quantitative estimate of drug-likeness (QED) is 0.855. The van der Waals surface area contributed by atoms with E-state index in [-0.39, 0.29) is 11.9 Å². The summed E-state index contributed by atoms with van der Waals surface area (Å²) in [7, 11) is 1.63. The molecule has 1 unspecified atom stereocenters. The maximum atomic E-state index is 12.6. The molecule has 0 spiro atoms. The highest BCUT2D eigenvalue weighted by Gasteiger charge is 2.20. The van der Waals surface area contributed by atoms with Gasteiger partial charge in [-0.1, -0.05) is 13.0 Å². The van der Waals surface area contributed by atoms with Crippen molar-refractivity contribution in [2.75, 3.05) is 17.7 Å². The summed E-state index contributed by atoms with van der Waals surface area (Å²) in [5.74, 6) is 2.57. The molecule has 1 aromatic carbocycles. The molecule has 1 atom stereocenters. The summed E-state index contributed by atoms with van der Waals surface area (Å²) in [6, 6.07) is 7.28. The number of methoxy groups -OCH3 is 1. The minimum atomic E-state index is -0.313. The number of nitrogens with zero attached hydrogens (tertiary/aromatic N) is 2. The van der Waals surface area contributed by atoms with Crippen LogP contribution in [0.25, 0.3) is 0 Å². The van der Waals surface area contributed by atoms with Crippen LogP contribution in [0, 0.1) is 0 Å². The SMILES string of the molecule is CCC(Nc1cccc(OC)c1)C(=O)Nc1cnc2n1CCCC2. The fourth-order valence-corrected chi connectivity index (χ4v) is 3.00. The number of fused-ring (bicyclic) bond motifs is 1. The zero-order valence-corrected chi connectivity index (χ0v) is 14.2. The van der Waals surface area contributed by atoms with Gasteiger partial charge >= 0.3 is 0 Å². The predicted octanol–water partition coefficient (Wildman–Crippen LogP) is 3.06. The van der Waals surface area contributed by atoms with E-state index in [2.05, 4.69) is 20.2 Å². The van der Waals surface area contributed by atoms with E-state index < -0.39 is 0 Å². The van der Waals surface area contributed by atoms with Gasteiger partial charge in [0.2, 0.25) is 5.91 Å². The number of aromatic nitrogens is 2. The van der Waals surface area contributed by atoms with E-state index >= 15 is 0 Å². The number of amides is 1. The number of aryl methyl sites for hydroxylation is 1. The lowest BCUT2D eigenvalue weighted by Gasteiger charge is -2.20. The lowest BCUT2D eigenvalue weighted by molar-refractivity contribution is -0.117. The number of carbonyl (C=O) groups is 1. The molecule has 2 N–H and O–H groups in total. The van der Waals surface area contributed by atoms with Crippen LogP contribution in [0.15, 0.2) is 30.5 Å². The van der Waals surface area contributed by atoms with E-state index in [1.54, 1.807) is 13.3 Å². The van der Waals surface area contributed by atoms with E-state index in [1.165, 1.54) is 6.42 Å². The molecule has 2 aromatic rings. The van der Waals surface area contributed by atoms with Gasteiger partial charge < -0.3 is 19.9 Å². The zero-order valence-electron chi connectivity index (χ0n) is 14.2. The Hall–Kier alpha value is -2.50. The summed E-state index contributed by atoms with van der Waals surface area (Å²) >= 11 is 0. The molecule has 1 aliphatic heterocycles. The highest BCUT2D eigenvalue weighted by atomic mass is 16.5. The van der Waals surface area contributed by atoms with Crippen molar-refractivity contribution in [1.29, 1.82) is 0 Å². The second kappa shape index (κ2) is 7.38. The van der Waals surface area contributed by atoms with Crippen molar-refractivity contribution in [1.82, 2.24) is 9.55 Å². The molecule has 6 nitrogen and oxygen atoms in total. The molecule has 3 rings (SSSR count). The van der Waals surface area contributed by atoms with Gasteiger partial charge in [-0.15, -0.1) is 0 Å². The van der Waals surface area contributed by atoms with Crippen LogP contribution < -0.4 is 15.4 Å². The summed E-state index contributed by atoms with van der Waals surface area (Å²) < 4.78 is 7.34. The molecule has 1 aliphatic rings. The van der Waals surface area contributed by atoms with Gasteiger partial charge in [-0.25, -0.2) is 4.98 Å². The number of hydrogen-bond donors (Lipinski definition) is 2. The van der Waals surface area contributed by atoms with Crippen LogP contribution in [0.2, 0.25) is 0 Å². The Bertz CT molecular complexity index is 711. The Morgan fingerprint density at radius 3 is 3.08 bits per heavy atom. The summed E-state index contributed by atoms with van der Waals surface area (Å²) in [6.45, 7) is 2.91. The number of anilines is 2. The van der Waals surface area contributed by atoms with Crippen molar-refractivity contribution < 1.29 is 9.53 Å². The second-order valence-corrected chi connectivity index (χ2v) is 5.99. The van der Waals surface area contributed by atoms with Crippen molar-refractivity contribution >= 4 is 17.4 Å². The van der Waals surface area contributed by atoms with Crippen LogP contribution in [-0.2, 0) is 17.8 Å². The molecular formula is C18H24N4O2. The van der Waals surface area contributed by atoms with Gasteiger partial charge in [0, 0.05) is 24.7 Å². The standard InChI is InChI=1S/C18H24N4O2/c1-3-15(20-13-7-6-8-14(11-13)24-2)18(23)21-17-12-19-16-9-4-5-10-22(16)17/h6-8,11-12,15,20H,3-5,9-10H2,1-2H3,(H,21,23).